The Kier molecular flexibility index (Phi) is 13.8. The SMILES string of the molecule is CCCCCCCCC=CCCCCCCCC(=O)NC(Cc1c[nH]c2ccccc12)C(=O)O. The summed E-state index contributed by atoms with van der Waals surface area (Å²) in [5.74, 6) is -1.17. The maximum absolute atomic E-state index is 12.3. The number of hydrogen-bond acceptors (Lipinski definition) is 2. The number of H-pyrrole nitrogens is 1. The number of aliphatic carboxylic acids is 1. The summed E-state index contributed by atoms with van der Waals surface area (Å²) < 4.78 is 0. The van der Waals surface area contributed by atoms with Crippen molar-refractivity contribution in [2.75, 3.05) is 0 Å². The van der Waals surface area contributed by atoms with Gasteiger partial charge in [0.1, 0.15) is 6.04 Å². The third-order valence-electron chi connectivity index (χ3n) is 6.40. The molecule has 1 unspecified atom stereocenters. The summed E-state index contributed by atoms with van der Waals surface area (Å²) in [6.45, 7) is 2.25. The van der Waals surface area contributed by atoms with Crippen molar-refractivity contribution >= 4 is 22.8 Å². The fourth-order valence-electron chi connectivity index (χ4n) is 4.34. The molecule has 5 heteroatoms. The van der Waals surface area contributed by atoms with E-state index >= 15 is 0 Å². The summed E-state index contributed by atoms with van der Waals surface area (Å²) in [6.07, 6.45) is 22.9. The van der Waals surface area contributed by atoms with Gasteiger partial charge in [0.15, 0.2) is 0 Å². The molecule has 0 saturated carbocycles. The number of carbonyl (C=O) groups is 2. The van der Waals surface area contributed by atoms with Crippen LogP contribution in [0.4, 0.5) is 0 Å². The molecule has 1 atom stereocenters. The first-order valence-corrected chi connectivity index (χ1v) is 13.3. The Morgan fingerprint density at radius 3 is 2.21 bits per heavy atom. The Morgan fingerprint density at radius 1 is 0.912 bits per heavy atom. The van der Waals surface area contributed by atoms with E-state index in [9.17, 15) is 14.7 Å². The van der Waals surface area contributed by atoms with Gasteiger partial charge >= 0.3 is 5.97 Å². The number of carbonyl (C=O) groups excluding carboxylic acids is 1. The predicted molar refractivity (Wildman–Crippen MR) is 141 cm³/mol. The van der Waals surface area contributed by atoms with Gasteiger partial charge in [0.05, 0.1) is 0 Å². The van der Waals surface area contributed by atoms with Crippen molar-refractivity contribution in [3.05, 3.63) is 48.2 Å². The van der Waals surface area contributed by atoms with Gasteiger partial charge in [-0.25, -0.2) is 4.79 Å². The number of unbranched alkanes of at least 4 members (excludes halogenated alkanes) is 11. The van der Waals surface area contributed by atoms with Gasteiger partial charge < -0.3 is 15.4 Å². The molecule has 3 N–H and O–H groups in total. The smallest absolute Gasteiger partial charge is 0.326 e. The van der Waals surface area contributed by atoms with Crippen molar-refractivity contribution in [3.63, 3.8) is 0 Å². The van der Waals surface area contributed by atoms with Crippen LogP contribution >= 0.6 is 0 Å². The summed E-state index contributed by atoms with van der Waals surface area (Å²) >= 11 is 0. The van der Waals surface area contributed by atoms with Gasteiger partial charge in [-0.15, -0.1) is 0 Å². The molecule has 1 aromatic carbocycles. The van der Waals surface area contributed by atoms with Crippen LogP contribution in [0.2, 0.25) is 0 Å². The number of carboxylic acids is 1. The molecule has 0 aliphatic rings. The lowest BCUT2D eigenvalue weighted by molar-refractivity contribution is -0.141. The van der Waals surface area contributed by atoms with E-state index in [1.807, 2.05) is 30.5 Å². The van der Waals surface area contributed by atoms with Crippen LogP contribution in [0.1, 0.15) is 102 Å². The Hall–Kier alpha value is -2.56. The Balaban J connectivity index is 1.52. The second kappa shape index (κ2) is 17.0. The standard InChI is InChI=1S/C29H44N2O3/c1-2-3-4-5-6-7-8-9-10-11-12-13-14-15-16-21-28(32)31-27(29(33)34)22-24-23-30-26-20-18-17-19-25(24)26/h9-10,17-20,23,27,30H,2-8,11-16,21-22H2,1H3,(H,31,32)(H,33,34). The minimum atomic E-state index is -0.997. The zero-order chi connectivity index (χ0) is 24.4. The minimum absolute atomic E-state index is 0.176. The highest BCUT2D eigenvalue weighted by atomic mass is 16.4. The summed E-state index contributed by atoms with van der Waals surface area (Å²) in [6, 6.07) is 6.89. The molecule has 0 spiro atoms. The number of rotatable bonds is 19. The zero-order valence-corrected chi connectivity index (χ0v) is 21.0. The molecule has 34 heavy (non-hydrogen) atoms. The lowest BCUT2D eigenvalue weighted by atomic mass is 10.0. The third kappa shape index (κ3) is 11.0. The second-order valence-corrected chi connectivity index (χ2v) is 9.36. The lowest BCUT2D eigenvalue weighted by Crippen LogP contribution is -2.42. The van der Waals surface area contributed by atoms with Crippen LogP contribution in [0.25, 0.3) is 10.9 Å². The first-order chi connectivity index (χ1) is 16.6. The van der Waals surface area contributed by atoms with E-state index in [0.717, 1.165) is 42.1 Å². The van der Waals surface area contributed by atoms with Crippen LogP contribution in [0.15, 0.2) is 42.6 Å². The fraction of sp³-hybridized carbons (Fsp3) is 0.586. The van der Waals surface area contributed by atoms with Crippen molar-refractivity contribution in [3.8, 4) is 0 Å². The summed E-state index contributed by atoms with van der Waals surface area (Å²) in [7, 11) is 0. The maximum atomic E-state index is 12.3. The number of fused-ring (bicyclic) bond motifs is 1. The fourth-order valence-corrected chi connectivity index (χ4v) is 4.34. The van der Waals surface area contributed by atoms with E-state index in [1.54, 1.807) is 0 Å². The van der Waals surface area contributed by atoms with E-state index in [2.05, 4.69) is 29.4 Å². The normalized spacial score (nSPS) is 12.4. The van der Waals surface area contributed by atoms with Crippen molar-refractivity contribution in [2.45, 2.75) is 109 Å². The van der Waals surface area contributed by atoms with Gasteiger partial charge in [-0.3, -0.25) is 4.79 Å². The first-order valence-electron chi connectivity index (χ1n) is 13.3. The van der Waals surface area contributed by atoms with E-state index in [0.29, 0.717) is 6.42 Å². The number of para-hydroxylation sites is 1. The molecule has 1 amide bonds. The average molecular weight is 469 g/mol. The van der Waals surface area contributed by atoms with Gasteiger partial charge in [0.25, 0.3) is 0 Å². The molecule has 0 fully saturated rings. The van der Waals surface area contributed by atoms with Crippen LogP contribution in [0.5, 0.6) is 0 Å². The summed E-state index contributed by atoms with van der Waals surface area (Å²) in [4.78, 5) is 27.1. The Bertz CT molecular complexity index is 871. The molecule has 0 bridgehead atoms. The molecular weight excluding hydrogens is 424 g/mol. The zero-order valence-electron chi connectivity index (χ0n) is 21.0. The quantitative estimate of drug-likeness (QED) is 0.149. The average Bonchev–Trinajstić information content (AvgIpc) is 3.24. The van der Waals surface area contributed by atoms with Crippen LogP contribution in [-0.2, 0) is 16.0 Å². The van der Waals surface area contributed by atoms with Gasteiger partial charge in [0.2, 0.25) is 5.91 Å². The number of allylic oxidation sites excluding steroid dienone is 2. The van der Waals surface area contributed by atoms with E-state index in [1.165, 1.54) is 57.8 Å². The highest BCUT2D eigenvalue weighted by Crippen LogP contribution is 2.19. The number of amides is 1. The van der Waals surface area contributed by atoms with Crippen molar-refractivity contribution in [1.82, 2.24) is 10.3 Å². The monoisotopic (exact) mass is 468 g/mol. The van der Waals surface area contributed by atoms with Crippen molar-refractivity contribution in [2.24, 2.45) is 0 Å². The van der Waals surface area contributed by atoms with E-state index in [4.69, 9.17) is 0 Å². The molecule has 5 nitrogen and oxygen atoms in total. The molecule has 1 aromatic heterocycles. The Morgan fingerprint density at radius 2 is 1.53 bits per heavy atom. The topological polar surface area (TPSA) is 82.2 Å². The number of aromatic amines is 1. The van der Waals surface area contributed by atoms with Crippen LogP contribution < -0.4 is 5.32 Å². The molecule has 2 rings (SSSR count). The van der Waals surface area contributed by atoms with Gasteiger partial charge in [-0.05, 0) is 43.7 Å². The van der Waals surface area contributed by atoms with Crippen LogP contribution in [0.3, 0.4) is 0 Å². The van der Waals surface area contributed by atoms with Crippen molar-refractivity contribution < 1.29 is 14.7 Å². The van der Waals surface area contributed by atoms with Gasteiger partial charge in [-0.2, -0.15) is 0 Å². The predicted octanol–water partition coefficient (Wildman–Crippen LogP) is 7.32. The van der Waals surface area contributed by atoms with Crippen LogP contribution in [-0.4, -0.2) is 28.0 Å². The minimum Gasteiger partial charge on any atom is -0.480 e. The molecular formula is C29H44N2O3. The molecule has 0 radical (unpaired) electrons. The number of hydrogen-bond donors (Lipinski definition) is 3. The Labute approximate surface area is 205 Å². The van der Waals surface area contributed by atoms with Gasteiger partial charge in [-0.1, -0.05) is 88.6 Å². The second-order valence-electron chi connectivity index (χ2n) is 9.36. The molecule has 0 aliphatic heterocycles. The van der Waals surface area contributed by atoms with E-state index in [-0.39, 0.29) is 12.3 Å². The van der Waals surface area contributed by atoms with Crippen molar-refractivity contribution in [1.29, 1.82) is 0 Å². The summed E-state index contributed by atoms with van der Waals surface area (Å²) in [5, 5.41) is 13.3. The third-order valence-corrected chi connectivity index (χ3v) is 6.40. The van der Waals surface area contributed by atoms with Gasteiger partial charge in [0, 0.05) is 29.9 Å². The highest BCUT2D eigenvalue weighted by Gasteiger charge is 2.21. The number of nitrogens with one attached hydrogen (secondary N) is 2. The van der Waals surface area contributed by atoms with E-state index < -0.39 is 12.0 Å². The summed E-state index contributed by atoms with van der Waals surface area (Å²) in [5.41, 5.74) is 1.88. The highest BCUT2D eigenvalue weighted by molar-refractivity contribution is 5.86. The van der Waals surface area contributed by atoms with Crippen LogP contribution in [0, 0.1) is 0 Å². The molecule has 2 aromatic rings. The number of aromatic nitrogens is 1. The molecule has 1 heterocycles. The first kappa shape index (κ1) is 27.7. The maximum Gasteiger partial charge on any atom is 0.326 e. The number of benzene rings is 1. The molecule has 0 saturated heterocycles. The largest absolute Gasteiger partial charge is 0.480 e. The lowest BCUT2D eigenvalue weighted by Gasteiger charge is -2.14. The number of carboxylic acid groups (broad SMARTS) is 1. The molecule has 0 aliphatic carbocycles. The molecule has 188 valence electrons.